The average molecular weight is 274 g/mol. The predicted molar refractivity (Wildman–Crippen MR) is 77.7 cm³/mol. The fourth-order valence-corrected chi connectivity index (χ4v) is 3.24. The second-order valence-electron chi connectivity index (χ2n) is 5.88. The van der Waals surface area contributed by atoms with Crippen molar-refractivity contribution in [2.24, 2.45) is 11.7 Å². The molecule has 0 saturated carbocycles. The summed E-state index contributed by atoms with van der Waals surface area (Å²) in [6, 6.07) is 6.39. The standard InChI is InChI=1S/C16H22N2O2/c17-16(19)14-10-12(5-7-18-14)2-1-11-3-4-15-13(9-11)6-8-20-15/h3-4,9,12,14,18H,1-2,5-8,10H2,(H2,17,19). The van der Waals surface area contributed by atoms with Crippen LogP contribution >= 0.6 is 0 Å². The van der Waals surface area contributed by atoms with Gasteiger partial charge < -0.3 is 15.8 Å². The topological polar surface area (TPSA) is 64.4 Å². The van der Waals surface area contributed by atoms with E-state index in [1.54, 1.807) is 0 Å². The monoisotopic (exact) mass is 274 g/mol. The molecule has 108 valence electrons. The van der Waals surface area contributed by atoms with E-state index in [1.807, 2.05) is 0 Å². The molecule has 1 fully saturated rings. The van der Waals surface area contributed by atoms with Crippen LogP contribution in [-0.2, 0) is 17.6 Å². The molecular weight excluding hydrogens is 252 g/mol. The Morgan fingerprint density at radius 3 is 3.20 bits per heavy atom. The highest BCUT2D eigenvalue weighted by atomic mass is 16.5. The maximum absolute atomic E-state index is 11.2. The quantitative estimate of drug-likeness (QED) is 0.872. The molecule has 2 unspecified atom stereocenters. The first-order valence-corrected chi connectivity index (χ1v) is 7.49. The number of rotatable bonds is 4. The summed E-state index contributed by atoms with van der Waals surface area (Å²) in [6.07, 6.45) is 5.25. The summed E-state index contributed by atoms with van der Waals surface area (Å²) in [4.78, 5) is 11.2. The van der Waals surface area contributed by atoms with E-state index in [9.17, 15) is 4.79 Å². The van der Waals surface area contributed by atoms with Crippen molar-refractivity contribution in [1.29, 1.82) is 0 Å². The lowest BCUT2D eigenvalue weighted by Gasteiger charge is -2.28. The molecule has 0 bridgehead atoms. The molecule has 4 nitrogen and oxygen atoms in total. The molecule has 1 aromatic carbocycles. The zero-order valence-electron chi connectivity index (χ0n) is 11.7. The SMILES string of the molecule is NC(=O)C1CC(CCc2ccc3c(c2)CCO3)CCN1. The predicted octanol–water partition coefficient (Wildman–Crippen LogP) is 1.41. The Labute approximate surface area is 119 Å². The molecule has 20 heavy (non-hydrogen) atoms. The van der Waals surface area contributed by atoms with Crippen LogP contribution in [0.1, 0.15) is 30.4 Å². The Hall–Kier alpha value is -1.55. The van der Waals surface area contributed by atoms with Crippen molar-refractivity contribution in [3.05, 3.63) is 29.3 Å². The molecule has 1 saturated heterocycles. The highest BCUT2D eigenvalue weighted by Gasteiger charge is 2.24. The summed E-state index contributed by atoms with van der Waals surface area (Å²) in [6.45, 7) is 1.71. The summed E-state index contributed by atoms with van der Waals surface area (Å²) in [7, 11) is 0. The molecule has 1 aromatic rings. The summed E-state index contributed by atoms with van der Waals surface area (Å²) < 4.78 is 5.53. The van der Waals surface area contributed by atoms with E-state index >= 15 is 0 Å². The largest absolute Gasteiger partial charge is 0.493 e. The third-order valence-corrected chi connectivity index (χ3v) is 4.45. The van der Waals surface area contributed by atoms with Gasteiger partial charge in [0.15, 0.2) is 0 Å². The second-order valence-corrected chi connectivity index (χ2v) is 5.88. The van der Waals surface area contributed by atoms with Crippen LogP contribution in [0.5, 0.6) is 5.75 Å². The van der Waals surface area contributed by atoms with Crippen molar-refractivity contribution >= 4 is 5.91 Å². The lowest BCUT2D eigenvalue weighted by molar-refractivity contribution is -0.120. The number of hydrogen-bond acceptors (Lipinski definition) is 3. The average Bonchev–Trinajstić information content (AvgIpc) is 2.93. The third kappa shape index (κ3) is 2.96. The van der Waals surface area contributed by atoms with Crippen molar-refractivity contribution < 1.29 is 9.53 Å². The van der Waals surface area contributed by atoms with Gasteiger partial charge in [-0.25, -0.2) is 0 Å². The molecule has 3 N–H and O–H groups in total. The molecule has 2 heterocycles. The molecule has 0 aliphatic carbocycles. The zero-order chi connectivity index (χ0) is 13.9. The molecule has 1 amide bonds. The number of amides is 1. The van der Waals surface area contributed by atoms with E-state index in [1.165, 1.54) is 11.1 Å². The maximum Gasteiger partial charge on any atom is 0.234 e. The summed E-state index contributed by atoms with van der Waals surface area (Å²) in [5.41, 5.74) is 8.10. The molecule has 0 radical (unpaired) electrons. The number of aryl methyl sites for hydroxylation is 1. The number of hydrogen-bond donors (Lipinski definition) is 2. The van der Waals surface area contributed by atoms with Crippen LogP contribution in [0.2, 0.25) is 0 Å². The lowest BCUT2D eigenvalue weighted by Crippen LogP contribution is -2.46. The zero-order valence-corrected chi connectivity index (χ0v) is 11.7. The Balaban J connectivity index is 1.55. The van der Waals surface area contributed by atoms with E-state index in [-0.39, 0.29) is 11.9 Å². The van der Waals surface area contributed by atoms with Crippen LogP contribution in [-0.4, -0.2) is 25.1 Å². The van der Waals surface area contributed by atoms with E-state index in [4.69, 9.17) is 10.5 Å². The van der Waals surface area contributed by atoms with Gasteiger partial charge in [-0.1, -0.05) is 12.1 Å². The Bertz CT molecular complexity index is 501. The first-order chi connectivity index (χ1) is 9.72. The van der Waals surface area contributed by atoms with Crippen molar-refractivity contribution in [3.8, 4) is 5.75 Å². The minimum atomic E-state index is -0.218. The number of carbonyl (C=O) groups excluding carboxylic acids is 1. The Morgan fingerprint density at radius 1 is 1.45 bits per heavy atom. The highest BCUT2D eigenvalue weighted by molar-refractivity contribution is 5.79. The van der Waals surface area contributed by atoms with Crippen molar-refractivity contribution in [3.63, 3.8) is 0 Å². The minimum Gasteiger partial charge on any atom is -0.493 e. The van der Waals surface area contributed by atoms with Gasteiger partial charge in [-0.3, -0.25) is 4.79 Å². The minimum absolute atomic E-state index is 0.137. The van der Waals surface area contributed by atoms with Crippen LogP contribution in [0.3, 0.4) is 0 Å². The molecule has 2 aliphatic heterocycles. The number of piperidine rings is 1. The summed E-state index contributed by atoms with van der Waals surface area (Å²) in [5.74, 6) is 1.42. The van der Waals surface area contributed by atoms with Crippen LogP contribution in [0.25, 0.3) is 0 Å². The van der Waals surface area contributed by atoms with Gasteiger partial charge in [-0.15, -0.1) is 0 Å². The molecule has 4 heteroatoms. The third-order valence-electron chi connectivity index (χ3n) is 4.45. The van der Waals surface area contributed by atoms with E-state index in [0.717, 1.165) is 51.0 Å². The van der Waals surface area contributed by atoms with Crippen molar-refractivity contribution in [2.45, 2.75) is 38.1 Å². The smallest absolute Gasteiger partial charge is 0.234 e. The van der Waals surface area contributed by atoms with Gasteiger partial charge in [0.05, 0.1) is 12.6 Å². The Morgan fingerprint density at radius 2 is 2.35 bits per heavy atom. The number of fused-ring (bicyclic) bond motifs is 1. The van der Waals surface area contributed by atoms with Gasteiger partial charge in [0.1, 0.15) is 5.75 Å². The fourth-order valence-electron chi connectivity index (χ4n) is 3.24. The van der Waals surface area contributed by atoms with Gasteiger partial charge in [0.25, 0.3) is 0 Å². The van der Waals surface area contributed by atoms with E-state index in [0.29, 0.717) is 5.92 Å². The van der Waals surface area contributed by atoms with E-state index in [2.05, 4.69) is 23.5 Å². The van der Waals surface area contributed by atoms with Crippen LogP contribution in [0, 0.1) is 5.92 Å². The first kappa shape index (κ1) is 13.4. The first-order valence-electron chi connectivity index (χ1n) is 7.49. The molecular formula is C16H22N2O2. The van der Waals surface area contributed by atoms with Crippen molar-refractivity contribution in [2.75, 3.05) is 13.2 Å². The highest BCUT2D eigenvalue weighted by Crippen LogP contribution is 2.28. The summed E-state index contributed by atoms with van der Waals surface area (Å²) >= 11 is 0. The molecule has 0 aromatic heterocycles. The number of benzene rings is 1. The number of primary amides is 1. The molecule has 2 aliphatic rings. The van der Waals surface area contributed by atoms with Gasteiger partial charge in [0, 0.05) is 6.42 Å². The molecule has 3 rings (SSSR count). The van der Waals surface area contributed by atoms with Crippen LogP contribution < -0.4 is 15.8 Å². The lowest BCUT2D eigenvalue weighted by atomic mass is 9.87. The number of nitrogens with two attached hydrogens (primary N) is 1. The van der Waals surface area contributed by atoms with Crippen LogP contribution in [0.15, 0.2) is 18.2 Å². The molecule has 0 spiro atoms. The number of carbonyl (C=O) groups is 1. The van der Waals surface area contributed by atoms with Gasteiger partial charge in [0.2, 0.25) is 5.91 Å². The summed E-state index contributed by atoms with van der Waals surface area (Å²) in [5, 5.41) is 3.19. The fraction of sp³-hybridized carbons (Fsp3) is 0.562. The number of ether oxygens (including phenoxy) is 1. The number of nitrogens with one attached hydrogen (secondary N) is 1. The van der Waals surface area contributed by atoms with Gasteiger partial charge in [-0.2, -0.15) is 0 Å². The van der Waals surface area contributed by atoms with Gasteiger partial charge >= 0.3 is 0 Å². The normalized spacial score (nSPS) is 25.0. The van der Waals surface area contributed by atoms with Gasteiger partial charge in [-0.05, 0) is 55.3 Å². The van der Waals surface area contributed by atoms with Crippen LogP contribution in [0.4, 0.5) is 0 Å². The maximum atomic E-state index is 11.2. The molecule has 2 atom stereocenters. The van der Waals surface area contributed by atoms with Crippen molar-refractivity contribution in [1.82, 2.24) is 5.32 Å². The Kier molecular flexibility index (Phi) is 3.92. The second kappa shape index (κ2) is 5.83. The van der Waals surface area contributed by atoms with E-state index < -0.39 is 0 Å².